The van der Waals surface area contributed by atoms with E-state index in [0.29, 0.717) is 117 Å². The van der Waals surface area contributed by atoms with E-state index in [9.17, 15) is 28.8 Å². The average Bonchev–Trinajstić information content (AvgIpc) is 4.08. The van der Waals surface area contributed by atoms with Crippen molar-refractivity contribution in [2.75, 3.05) is 26.4 Å². The van der Waals surface area contributed by atoms with Crippen LogP contribution in [0.5, 0.6) is 28.7 Å². The Labute approximate surface area is 482 Å². The van der Waals surface area contributed by atoms with Crippen LogP contribution in [-0.2, 0) is 51.2 Å². The number of carbonyl (C=O) groups is 6. The van der Waals surface area contributed by atoms with Gasteiger partial charge in [-0.3, -0.25) is 19.2 Å². The average molecular weight is 1130 g/mol. The quantitative estimate of drug-likeness (QED) is 0.0135. The molecule has 0 saturated heterocycles. The molecule has 1 aromatic heterocycles. The highest BCUT2D eigenvalue weighted by atomic mass is 32.1. The van der Waals surface area contributed by atoms with E-state index < -0.39 is 17.9 Å². The van der Waals surface area contributed by atoms with Gasteiger partial charge in [-0.1, -0.05) is 54.8 Å². The first-order valence-electron chi connectivity index (χ1n) is 28.5. The summed E-state index contributed by atoms with van der Waals surface area (Å²) in [5.74, 6) is -0.376. The maximum absolute atomic E-state index is 13.9. The van der Waals surface area contributed by atoms with E-state index in [4.69, 9.17) is 33.2 Å². The van der Waals surface area contributed by atoms with Gasteiger partial charge in [0.05, 0.1) is 60.9 Å². The summed E-state index contributed by atoms with van der Waals surface area (Å²) in [6.45, 7) is 8.72. The summed E-state index contributed by atoms with van der Waals surface area (Å²) in [5, 5.41) is 11.1. The minimum Gasteiger partial charge on any atom is -0.494 e. The molecule has 0 aliphatic heterocycles. The van der Waals surface area contributed by atoms with Crippen LogP contribution in [-0.4, -0.2) is 67.0 Å². The monoisotopic (exact) mass is 1130 g/mol. The van der Waals surface area contributed by atoms with Crippen molar-refractivity contribution < 1.29 is 61.9 Å². The number of ether oxygens (including phenoxy) is 7. The Kier molecular flexibility index (Phi) is 22.9. The minimum absolute atomic E-state index is 0.105. The fourth-order valence-electron chi connectivity index (χ4n) is 10.1. The molecule has 2 aliphatic rings. The highest BCUT2D eigenvalue weighted by Crippen LogP contribution is 2.36. The minimum atomic E-state index is -0.418. The number of rotatable bonds is 30. The Bertz CT molecular complexity index is 3140. The molecule has 0 bridgehead atoms. The Morgan fingerprint density at radius 2 is 1.01 bits per heavy atom. The topological polar surface area (TPSA) is 205 Å². The number of para-hydroxylation sites is 1. The number of thiazole rings is 1. The van der Waals surface area contributed by atoms with E-state index in [0.717, 1.165) is 90.1 Å². The summed E-state index contributed by atoms with van der Waals surface area (Å²) in [6, 6.07) is 31.4. The molecule has 8 rings (SSSR count). The molecule has 2 saturated carbocycles. The van der Waals surface area contributed by atoms with Crippen molar-refractivity contribution in [3.05, 3.63) is 140 Å². The van der Waals surface area contributed by atoms with Crippen molar-refractivity contribution in [1.82, 2.24) is 4.98 Å². The number of hydrogen-bond acceptors (Lipinski definition) is 17. The molecule has 0 radical (unpaired) electrons. The zero-order valence-corrected chi connectivity index (χ0v) is 47.1. The predicted octanol–water partition coefficient (Wildman–Crippen LogP) is 13.9. The fraction of sp³-hybridized carbons (Fsp3) is 0.400. The summed E-state index contributed by atoms with van der Waals surface area (Å²) < 4.78 is 40.3. The lowest BCUT2D eigenvalue weighted by Crippen LogP contribution is -2.30. The summed E-state index contributed by atoms with van der Waals surface area (Å²) in [4.78, 5) is 81.0. The summed E-state index contributed by atoms with van der Waals surface area (Å²) in [6.07, 6.45) is 13.7. The molecular formula is C65H71N3O13S. The molecule has 16 nitrogen and oxygen atoms in total. The van der Waals surface area contributed by atoms with Crippen molar-refractivity contribution in [3.63, 3.8) is 0 Å². The highest BCUT2D eigenvalue weighted by Gasteiger charge is 2.34. The van der Waals surface area contributed by atoms with Gasteiger partial charge in [0.1, 0.15) is 34.5 Å². The second kappa shape index (κ2) is 31.2. The number of aromatic nitrogens is 1. The van der Waals surface area contributed by atoms with E-state index in [-0.39, 0.29) is 54.4 Å². The first-order chi connectivity index (χ1) is 40.0. The number of azo groups is 1. The molecule has 17 heteroatoms. The van der Waals surface area contributed by atoms with E-state index in [1.807, 2.05) is 54.6 Å². The van der Waals surface area contributed by atoms with E-state index in [1.165, 1.54) is 11.3 Å². The van der Waals surface area contributed by atoms with Crippen LogP contribution in [0, 0.1) is 23.7 Å². The highest BCUT2D eigenvalue weighted by molar-refractivity contribution is 7.21. The van der Waals surface area contributed by atoms with Gasteiger partial charge in [-0.25, -0.2) is 14.6 Å². The van der Waals surface area contributed by atoms with Crippen molar-refractivity contribution in [2.24, 2.45) is 33.9 Å². The van der Waals surface area contributed by atoms with Gasteiger partial charge >= 0.3 is 29.8 Å². The van der Waals surface area contributed by atoms with Crippen LogP contribution in [0.3, 0.4) is 0 Å². The van der Waals surface area contributed by atoms with E-state index >= 15 is 0 Å². The summed E-state index contributed by atoms with van der Waals surface area (Å²) >= 11 is 1.43. The number of hydrogen-bond donors (Lipinski definition) is 0. The molecule has 0 amide bonds. The molecule has 82 heavy (non-hydrogen) atoms. The standard InChI is InChI=1S/C65H71N3O13S/c1-3-60(70)77-37-13-7-5-11-35-75-52-27-31-54(32-28-52)79-62(72)46-21-19-45(20-22-46)57(69)40-44-17-18-49-42-58(51(41-50(49)39-44)43-66-68-65-67-56-15-9-10-16-59(56)82-65)81-64(74)48-25-23-47(24-26-48)63(73)80-55-33-29-53(30-34-55)76-36-12-6-8-14-38-78-61(71)4-2/h3-4,9-10,15-18,27-34,39,41-42,45-48H,1-2,5-8,11-14,19-26,35-38,40,43H2. The second-order valence-electron chi connectivity index (χ2n) is 20.7. The molecule has 0 spiro atoms. The summed E-state index contributed by atoms with van der Waals surface area (Å²) in [5.41, 5.74) is 2.32. The SMILES string of the molecule is C=CC(=O)OCCCCCCOc1ccc(OC(=O)C2CCC(C(=O)Cc3ccc4cc(OC(=O)C5CCC(C(=O)Oc6ccc(OCCCCCCOC(=O)C=C)cc6)CC5)c(CN=Nc5nc6ccccc6s5)cc4c3)CC2)cc1. The largest absolute Gasteiger partial charge is 0.494 e. The fourth-order valence-corrected chi connectivity index (χ4v) is 10.9. The summed E-state index contributed by atoms with van der Waals surface area (Å²) in [7, 11) is 0. The second-order valence-corrected chi connectivity index (χ2v) is 21.7. The number of carbonyl (C=O) groups excluding carboxylic acids is 6. The van der Waals surface area contributed by atoms with Crippen molar-refractivity contribution in [3.8, 4) is 28.7 Å². The normalized spacial score (nSPS) is 16.9. The molecule has 2 fully saturated rings. The molecule has 0 atom stereocenters. The van der Waals surface area contributed by atoms with Gasteiger partial charge in [0.2, 0.25) is 5.13 Å². The smallest absolute Gasteiger partial charge is 0.330 e. The lowest BCUT2D eigenvalue weighted by Gasteiger charge is -2.26. The Morgan fingerprint density at radius 1 is 0.524 bits per heavy atom. The first-order valence-corrected chi connectivity index (χ1v) is 29.3. The zero-order valence-electron chi connectivity index (χ0n) is 46.3. The third kappa shape index (κ3) is 18.5. The van der Waals surface area contributed by atoms with Crippen LogP contribution in [0.15, 0.2) is 139 Å². The number of benzene rings is 5. The number of Topliss-reactive ketones (excluding diaryl/α,β-unsaturated/α-hetero) is 1. The molecule has 1 heterocycles. The van der Waals surface area contributed by atoms with Gasteiger partial charge in [0.15, 0.2) is 0 Å². The van der Waals surface area contributed by atoms with E-state index in [1.54, 1.807) is 48.5 Å². The molecule has 5 aromatic carbocycles. The van der Waals surface area contributed by atoms with Gasteiger partial charge in [0, 0.05) is 30.1 Å². The van der Waals surface area contributed by atoms with Gasteiger partial charge in [-0.15, -0.1) is 5.11 Å². The lowest BCUT2D eigenvalue weighted by atomic mass is 9.79. The molecular weight excluding hydrogens is 1060 g/mol. The Hall–Kier alpha value is -8.05. The number of fused-ring (bicyclic) bond motifs is 2. The maximum Gasteiger partial charge on any atom is 0.330 e. The first kappa shape index (κ1) is 60.1. The van der Waals surface area contributed by atoms with Crippen molar-refractivity contribution in [2.45, 2.75) is 116 Å². The van der Waals surface area contributed by atoms with Gasteiger partial charge in [-0.05, 0) is 192 Å². The van der Waals surface area contributed by atoms with E-state index in [2.05, 4.69) is 28.4 Å². The third-order valence-electron chi connectivity index (χ3n) is 14.8. The lowest BCUT2D eigenvalue weighted by molar-refractivity contribution is -0.145. The molecule has 2 aliphatic carbocycles. The van der Waals surface area contributed by atoms with Crippen molar-refractivity contribution in [1.29, 1.82) is 0 Å². The number of unbranched alkanes of at least 4 members (excludes halogenated alkanes) is 6. The van der Waals surface area contributed by atoms with Crippen LogP contribution in [0.2, 0.25) is 0 Å². The van der Waals surface area contributed by atoms with Crippen LogP contribution in [0.25, 0.3) is 21.0 Å². The van der Waals surface area contributed by atoms with Gasteiger partial charge in [0.25, 0.3) is 0 Å². The molecule has 0 unspecified atom stereocenters. The van der Waals surface area contributed by atoms with Crippen molar-refractivity contribution >= 4 is 73.1 Å². The number of ketones is 1. The Morgan fingerprint density at radius 3 is 1.54 bits per heavy atom. The van der Waals surface area contributed by atoms with Gasteiger partial charge < -0.3 is 33.2 Å². The molecule has 6 aromatic rings. The molecule has 430 valence electrons. The predicted molar refractivity (Wildman–Crippen MR) is 311 cm³/mol. The van der Waals surface area contributed by atoms with Gasteiger partial charge in [-0.2, -0.15) is 5.11 Å². The third-order valence-corrected chi connectivity index (χ3v) is 15.7. The zero-order chi connectivity index (χ0) is 57.5. The van der Waals surface area contributed by atoms with Crippen LogP contribution >= 0.6 is 11.3 Å². The van der Waals surface area contributed by atoms with Crippen LogP contribution in [0.4, 0.5) is 5.13 Å². The number of nitrogens with zero attached hydrogens (tertiary/aromatic N) is 3. The maximum atomic E-state index is 13.9. The van der Waals surface area contributed by atoms with Crippen LogP contribution < -0.4 is 23.7 Å². The molecule has 0 N–H and O–H groups in total. The Balaban J connectivity index is 0.801. The number of esters is 5. The van der Waals surface area contributed by atoms with Crippen LogP contribution in [0.1, 0.15) is 114 Å².